The molecule has 0 atom stereocenters. The highest BCUT2D eigenvalue weighted by Crippen LogP contribution is 2.27. The zero-order valence-corrected chi connectivity index (χ0v) is 14.1. The minimum absolute atomic E-state index is 0.196. The van der Waals surface area contributed by atoms with E-state index in [1.165, 1.54) is 12.4 Å². The van der Waals surface area contributed by atoms with Crippen molar-refractivity contribution in [3.05, 3.63) is 58.3 Å². The summed E-state index contributed by atoms with van der Waals surface area (Å²) in [5.74, 6) is -0.217. The number of halogens is 2. The summed E-state index contributed by atoms with van der Waals surface area (Å²) in [6.07, 6.45) is 3.66. The van der Waals surface area contributed by atoms with E-state index in [4.69, 9.17) is 27.9 Å². The zero-order chi connectivity index (χ0) is 17.4. The van der Waals surface area contributed by atoms with E-state index in [1.807, 2.05) is 0 Å². The Labute approximate surface area is 149 Å². The lowest BCUT2D eigenvalue weighted by Crippen LogP contribution is -2.41. The Morgan fingerprint density at radius 3 is 2.54 bits per heavy atom. The van der Waals surface area contributed by atoms with Gasteiger partial charge in [0.1, 0.15) is 5.75 Å². The van der Waals surface area contributed by atoms with Gasteiger partial charge in [-0.1, -0.05) is 23.2 Å². The van der Waals surface area contributed by atoms with Crippen LogP contribution in [0.1, 0.15) is 23.2 Å². The van der Waals surface area contributed by atoms with Gasteiger partial charge in [-0.05, 0) is 36.8 Å². The zero-order valence-electron chi connectivity index (χ0n) is 12.6. The maximum Gasteiger partial charge on any atom is 0.269 e. The van der Waals surface area contributed by atoms with Crippen LogP contribution in [-0.2, 0) is 4.79 Å². The van der Waals surface area contributed by atoms with Gasteiger partial charge in [-0.2, -0.15) is 0 Å². The SMILES string of the molecule is O=C(CCCOc1ccc(Cl)cc1Cl)NNC(=O)c1ccncc1. The van der Waals surface area contributed by atoms with Crippen molar-refractivity contribution in [2.75, 3.05) is 6.61 Å². The minimum Gasteiger partial charge on any atom is -0.492 e. The predicted molar refractivity (Wildman–Crippen MR) is 91.0 cm³/mol. The van der Waals surface area contributed by atoms with Crippen molar-refractivity contribution in [1.29, 1.82) is 0 Å². The summed E-state index contributed by atoms with van der Waals surface area (Å²) in [5.41, 5.74) is 5.08. The average molecular weight is 368 g/mol. The molecule has 6 nitrogen and oxygen atoms in total. The second-order valence-electron chi connectivity index (χ2n) is 4.76. The molecule has 0 aliphatic heterocycles. The maximum atomic E-state index is 11.7. The van der Waals surface area contributed by atoms with E-state index in [2.05, 4.69) is 15.8 Å². The third-order valence-corrected chi connectivity index (χ3v) is 3.49. The molecule has 2 amide bonds. The molecule has 0 bridgehead atoms. The quantitative estimate of drug-likeness (QED) is 0.607. The van der Waals surface area contributed by atoms with Crippen LogP contribution < -0.4 is 15.6 Å². The fourth-order valence-corrected chi connectivity index (χ4v) is 2.23. The van der Waals surface area contributed by atoms with Gasteiger partial charge in [0.2, 0.25) is 5.91 Å². The number of carbonyl (C=O) groups is 2. The highest BCUT2D eigenvalue weighted by molar-refractivity contribution is 6.35. The van der Waals surface area contributed by atoms with E-state index < -0.39 is 5.91 Å². The molecule has 0 radical (unpaired) electrons. The van der Waals surface area contributed by atoms with Gasteiger partial charge in [0, 0.05) is 29.4 Å². The normalized spacial score (nSPS) is 10.1. The Bertz CT molecular complexity index is 711. The van der Waals surface area contributed by atoms with Crippen LogP contribution >= 0.6 is 23.2 Å². The molecule has 1 heterocycles. The lowest BCUT2D eigenvalue weighted by atomic mass is 10.2. The minimum atomic E-state index is -0.407. The molecule has 2 rings (SSSR count). The number of aromatic nitrogens is 1. The molecule has 2 aromatic rings. The summed E-state index contributed by atoms with van der Waals surface area (Å²) in [6, 6.07) is 8.01. The monoisotopic (exact) mass is 367 g/mol. The number of hydrazine groups is 1. The summed E-state index contributed by atoms with van der Waals surface area (Å²) < 4.78 is 5.47. The maximum absolute atomic E-state index is 11.7. The molecular weight excluding hydrogens is 353 g/mol. The standard InChI is InChI=1S/C16H15Cl2N3O3/c17-12-3-4-14(13(18)10-12)24-9-1-2-15(22)20-21-16(23)11-5-7-19-8-6-11/h3-8,10H,1-2,9H2,(H,20,22)(H,21,23). The van der Waals surface area contributed by atoms with Crippen molar-refractivity contribution < 1.29 is 14.3 Å². The molecule has 0 spiro atoms. The smallest absolute Gasteiger partial charge is 0.269 e. The van der Waals surface area contributed by atoms with Crippen molar-refractivity contribution in [2.45, 2.75) is 12.8 Å². The summed E-state index contributed by atoms with van der Waals surface area (Å²) in [4.78, 5) is 27.2. The molecule has 1 aromatic heterocycles. The van der Waals surface area contributed by atoms with Crippen molar-refractivity contribution in [3.63, 3.8) is 0 Å². The van der Waals surface area contributed by atoms with Crippen molar-refractivity contribution in [3.8, 4) is 5.75 Å². The van der Waals surface area contributed by atoms with Crippen molar-refractivity contribution in [1.82, 2.24) is 15.8 Å². The van der Waals surface area contributed by atoms with Gasteiger partial charge >= 0.3 is 0 Å². The summed E-state index contributed by atoms with van der Waals surface area (Å²) >= 11 is 11.8. The number of nitrogens with zero attached hydrogens (tertiary/aromatic N) is 1. The van der Waals surface area contributed by atoms with Crippen LogP contribution in [0.2, 0.25) is 10.0 Å². The summed E-state index contributed by atoms with van der Waals surface area (Å²) in [7, 11) is 0. The van der Waals surface area contributed by atoms with E-state index in [0.29, 0.717) is 34.4 Å². The molecule has 1 aromatic carbocycles. The van der Waals surface area contributed by atoms with Crippen LogP contribution in [0, 0.1) is 0 Å². The third kappa shape index (κ3) is 5.72. The Balaban J connectivity index is 1.65. The first-order valence-corrected chi connectivity index (χ1v) is 7.89. The highest BCUT2D eigenvalue weighted by Gasteiger charge is 2.07. The van der Waals surface area contributed by atoms with Gasteiger partial charge in [-0.15, -0.1) is 0 Å². The molecule has 126 valence electrons. The molecule has 8 heteroatoms. The molecule has 0 fully saturated rings. The first-order valence-electron chi connectivity index (χ1n) is 7.13. The van der Waals surface area contributed by atoms with Gasteiger partial charge in [-0.25, -0.2) is 0 Å². The van der Waals surface area contributed by atoms with Crippen LogP contribution in [0.15, 0.2) is 42.7 Å². The topological polar surface area (TPSA) is 80.3 Å². The van der Waals surface area contributed by atoms with Gasteiger partial charge in [-0.3, -0.25) is 25.4 Å². The molecular formula is C16H15Cl2N3O3. The number of ether oxygens (including phenoxy) is 1. The molecule has 0 unspecified atom stereocenters. The molecule has 0 aliphatic carbocycles. The first kappa shape index (κ1) is 18.0. The van der Waals surface area contributed by atoms with Gasteiger partial charge in [0.05, 0.1) is 11.6 Å². The number of benzene rings is 1. The number of amides is 2. The lowest BCUT2D eigenvalue weighted by molar-refractivity contribution is -0.122. The molecule has 0 saturated heterocycles. The van der Waals surface area contributed by atoms with Crippen LogP contribution in [0.25, 0.3) is 0 Å². The number of hydrogen-bond acceptors (Lipinski definition) is 4. The number of rotatable bonds is 6. The highest BCUT2D eigenvalue weighted by atomic mass is 35.5. The second-order valence-corrected chi connectivity index (χ2v) is 5.61. The van der Waals surface area contributed by atoms with Crippen molar-refractivity contribution >= 4 is 35.0 Å². The largest absolute Gasteiger partial charge is 0.492 e. The first-order chi connectivity index (χ1) is 11.6. The Morgan fingerprint density at radius 2 is 1.83 bits per heavy atom. The molecule has 2 N–H and O–H groups in total. The third-order valence-electron chi connectivity index (χ3n) is 2.96. The lowest BCUT2D eigenvalue weighted by Gasteiger charge is -2.09. The average Bonchev–Trinajstić information content (AvgIpc) is 2.59. The second kappa shape index (κ2) is 9.10. The van der Waals surface area contributed by atoms with Gasteiger partial charge in [0.15, 0.2) is 0 Å². The van der Waals surface area contributed by atoms with Crippen molar-refractivity contribution in [2.24, 2.45) is 0 Å². The Kier molecular flexibility index (Phi) is 6.84. The summed E-state index contributed by atoms with van der Waals surface area (Å²) in [6.45, 7) is 0.313. The molecule has 0 aliphatic rings. The van der Waals surface area contributed by atoms with E-state index in [0.717, 1.165) is 0 Å². The number of nitrogens with one attached hydrogen (secondary N) is 2. The fraction of sp³-hybridized carbons (Fsp3) is 0.188. The number of carbonyl (C=O) groups excluding carboxylic acids is 2. The molecule has 24 heavy (non-hydrogen) atoms. The van der Waals surface area contributed by atoms with Crippen LogP contribution in [0.4, 0.5) is 0 Å². The van der Waals surface area contributed by atoms with E-state index >= 15 is 0 Å². The summed E-state index contributed by atoms with van der Waals surface area (Å²) in [5, 5.41) is 0.938. The molecule has 0 saturated carbocycles. The Morgan fingerprint density at radius 1 is 1.08 bits per heavy atom. The van der Waals surface area contributed by atoms with E-state index in [9.17, 15) is 9.59 Å². The fourth-order valence-electron chi connectivity index (χ4n) is 1.77. The van der Waals surface area contributed by atoms with Gasteiger partial charge in [0.25, 0.3) is 5.91 Å². The van der Waals surface area contributed by atoms with Crippen LogP contribution in [-0.4, -0.2) is 23.4 Å². The Hall–Kier alpha value is -2.31. The van der Waals surface area contributed by atoms with E-state index in [1.54, 1.807) is 30.3 Å². The van der Waals surface area contributed by atoms with Crippen LogP contribution in [0.3, 0.4) is 0 Å². The van der Waals surface area contributed by atoms with E-state index in [-0.39, 0.29) is 12.3 Å². The number of pyridine rings is 1. The van der Waals surface area contributed by atoms with Crippen LogP contribution in [0.5, 0.6) is 5.75 Å². The predicted octanol–water partition coefficient (Wildman–Crippen LogP) is 3.01. The van der Waals surface area contributed by atoms with Gasteiger partial charge < -0.3 is 4.74 Å². The number of hydrogen-bond donors (Lipinski definition) is 2.